The lowest BCUT2D eigenvalue weighted by Crippen LogP contribution is -2.40. The van der Waals surface area contributed by atoms with E-state index in [0.29, 0.717) is 43.4 Å². The monoisotopic (exact) mass is 496 g/mol. The lowest BCUT2D eigenvalue weighted by molar-refractivity contribution is -0.139. The molecule has 1 aliphatic heterocycles. The minimum Gasteiger partial charge on any atom is -0.493 e. The molecule has 0 saturated heterocycles. The van der Waals surface area contributed by atoms with Crippen molar-refractivity contribution in [2.75, 3.05) is 13.7 Å². The fourth-order valence-corrected chi connectivity index (χ4v) is 5.00. The molecule has 0 unspecified atom stereocenters. The third-order valence-electron chi connectivity index (χ3n) is 5.42. The smallest absolute Gasteiger partial charge is 0.338 e. The van der Waals surface area contributed by atoms with Crippen LogP contribution in [0.15, 0.2) is 55.8 Å². The van der Waals surface area contributed by atoms with E-state index >= 15 is 0 Å². The SMILES string of the molecule is CCOC(=O)C1=C(C)N=c2s/c(=C\c3ccc(C)o3)c(=O)n2[C@H]1c1ccc(OC(C)C)c(OC)c1. The zero-order valence-corrected chi connectivity index (χ0v) is 21.4. The molecule has 0 saturated carbocycles. The van der Waals surface area contributed by atoms with Crippen molar-refractivity contribution >= 4 is 23.4 Å². The van der Waals surface area contributed by atoms with E-state index in [-0.39, 0.29) is 18.3 Å². The number of aryl methyl sites for hydroxylation is 1. The van der Waals surface area contributed by atoms with Gasteiger partial charge in [-0.15, -0.1) is 0 Å². The first-order valence-electron chi connectivity index (χ1n) is 11.3. The van der Waals surface area contributed by atoms with Crippen molar-refractivity contribution in [3.05, 3.63) is 78.4 Å². The van der Waals surface area contributed by atoms with Gasteiger partial charge in [0.1, 0.15) is 11.5 Å². The first-order chi connectivity index (χ1) is 16.7. The highest BCUT2D eigenvalue weighted by atomic mass is 32.1. The summed E-state index contributed by atoms with van der Waals surface area (Å²) in [6.45, 7) is 9.39. The number of rotatable bonds is 7. The first-order valence-corrected chi connectivity index (χ1v) is 12.2. The van der Waals surface area contributed by atoms with Gasteiger partial charge < -0.3 is 18.6 Å². The minimum absolute atomic E-state index is 0.0464. The molecule has 0 spiro atoms. The number of hydrogen-bond acceptors (Lipinski definition) is 8. The summed E-state index contributed by atoms with van der Waals surface area (Å²) in [6.07, 6.45) is 1.65. The number of carbonyl (C=O) groups is 1. The van der Waals surface area contributed by atoms with Gasteiger partial charge in [0, 0.05) is 6.08 Å². The minimum atomic E-state index is -0.743. The van der Waals surface area contributed by atoms with Crippen LogP contribution in [0.5, 0.6) is 11.5 Å². The summed E-state index contributed by atoms with van der Waals surface area (Å²) in [5.41, 5.74) is 1.20. The lowest BCUT2D eigenvalue weighted by Gasteiger charge is -2.25. The van der Waals surface area contributed by atoms with E-state index in [1.165, 1.54) is 15.9 Å². The van der Waals surface area contributed by atoms with Gasteiger partial charge in [0.05, 0.1) is 41.7 Å². The van der Waals surface area contributed by atoms with Crippen LogP contribution in [0.1, 0.15) is 50.8 Å². The summed E-state index contributed by atoms with van der Waals surface area (Å²) in [5.74, 6) is 1.88. The molecule has 2 aromatic heterocycles. The van der Waals surface area contributed by atoms with E-state index in [9.17, 15) is 9.59 Å². The maximum absolute atomic E-state index is 13.6. The van der Waals surface area contributed by atoms with Crippen molar-refractivity contribution < 1.29 is 23.4 Å². The maximum atomic E-state index is 13.6. The summed E-state index contributed by atoms with van der Waals surface area (Å²) in [7, 11) is 1.55. The Morgan fingerprint density at radius 2 is 2.00 bits per heavy atom. The van der Waals surface area contributed by atoms with Crippen LogP contribution in [0.2, 0.25) is 0 Å². The second-order valence-corrected chi connectivity index (χ2v) is 9.34. The number of fused-ring (bicyclic) bond motifs is 1. The number of aromatic nitrogens is 1. The van der Waals surface area contributed by atoms with Gasteiger partial charge in [0.25, 0.3) is 5.56 Å². The van der Waals surface area contributed by atoms with Gasteiger partial charge in [-0.25, -0.2) is 9.79 Å². The molecule has 4 rings (SSSR count). The second kappa shape index (κ2) is 9.95. The van der Waals surface area contributed by atoms with Gasteiger partial charge in [0.15, 0.2) is 16.3 Å². The molecule has 8 nitrogen and oxygen atoms in total. The van der Waals surface area contributed by atoms with Crippen LogP contribution in [0, 0.1) is 6.92 Å². The van der Waals surface area contributed by atoms with E-state index in [1.807, 2.05) is 32.9 Å². The maximum Gasteiger partial charge on any atom is 0.338 e. The molecular weight excluding hydrogens is 468 g/mol. The predicted molar refractivity (Wildman–Crippen MR) is 133 cm³/mol. The van der Waals surface area contributed by atoms with Gasteiger partial charge in [-0.1, -0.05) is 17.4 Å². The molecule has 3 aromatic rings. The van der Waals surface area contributed by atoms with Gasteiger partial charge in [-0.05, 0) is 64.4 Å². The number of thiazole rings is 1. The topological polar surface area (TPSA) is 92.3 Å². The number of hydrogen-bond donors (Lipinski definition) is 0. The summed E-state index contributed by atoms with van der Waals surface area (Å²) in [6, 6.07) is 8.30. The molecule has 0 amide bonds. The number of furan rings is 1. The third-order valence-corrected chi connectivity index (χ3v) is 6.40. The largest absolute Gasteiger partial charge is 0.493 e. The molecule has 0 radical (unpaired) electrons. The van der Waals surface area contributed by atoms with Gasteiger partial charge in [-0.2, -0.15) is 0 Å². The normalized spacial score (nSPS) is 15.7. The van der Waals surface area contributed by atoms with Crippen molar-refractivity contribution in [1.82, 2.24) is 4.57 Å². The molecule has 3 heterocycles. The van der Waals surface area contributed by atoms with Gasteiger partial charge in [0.2, 0.25) is 0 Å². The van der Waals surface area contributed by atoms with E-state index in [4.69, 9.17) is 18.6 Å². The Bertz CT molecular complexity index is 1470. The number of benzene rings is 1. The number of nitrogens with zero attached hydrogens (tertiary/aromatic N) is 2. The number of allylic oxidation sites excluding steroid dienone is 1. The number of esters is 1. The highest BCUT2D eigenvalue weighted by molar-refractivity contribution is 7.07. The van der Waals surface area contributed by atoms with Crippen molar-refractivity contribution in [1.29, 1.82) is 0 Å². The van der Waals surface area contributed by atoms with Crippen molar-refractivity contribution in [2.24, 2.45) is 4.99 Å². The summed E-state index contributed by atoms with van der Waals surface area (Å²) >= 11 is 1.24. The third kappa shape index (κ3) is 4.81. The summed E-state index contributed by atoms with van der Waals surface area (Å²) in [4.78, 5) is 31.7. The molecule has 1 aliphatic rings. The van der Waals surface area contributed by atoms with Crippen molar-refractivity contribution in [2.45, 2.75) is 46.8 Å². The molecule has 184 valence electrons. The van der Waals surface area contributed by atoms with Gasteiger partial charge >= 0.3 is 5.97 Å². The standard InChI is InChI=1S/C26H28N2O6S/c1-7-32-25(30)22-16(5)27-26-28(24(29)21(35-26)13-18-10-8-15(4)34-18)23(22)17-9-11-19(33-14(2)3)20(12-17)31-6/h8-14,23H,7H2,1-6H3/b21-13-/t23-/m0/s1. The molecule has 0 bridgehead atoms. The number of carbonyl (C=O) groups excluding carboxylic acids is 1. The average Bonchev–Trinajstić information content (AvgIpc) is 3.35. The summed E-state index contributed by atoms with van der Waals surface area (Å²) in [5, 5.41) is 0. The van der Waals surface area contributed by atoms with Crippen LogP contribution >= 0.6 is 11.3 Å². The Morgan fingerprint density at radius 3 is 2.63 bits per heavy atom. The van der Waals surface area contributed by atoms with Gasteiger partial charge in [-0.3, -0.25) is 9.36 Å². The Labute approximate surface area is 206 Å². The van der Waals surface area contributed by atoms with E-state index in [2.05, 4.69) is 4.99 Å². The van der Waals surface area contributed by atoms with Crippen LogP contribution in [0.25, 0.3) is 6.08 Å². The quantitative estimate of drug-likeness (QED) is 0.465. The zero-order chi connectivity index (χ0) is 25.3. The van der Waals surface area contributed by atoms with Crippen LogP contribution in [-0.4, -0.2) is 30.4 Å². The van der Waals surface area contributed by atoms with E-state index in [1.54, 1.807) is 45.2 Å². The molecule has 1 aromatic carbocycles. The molecule has 35 heavy (non-hydrogen) atoms. The van der Waals surface area contributed by atoms with Crippen LogP contribution in [0.3, 0.4) is 0 Å². The first kappa shape index (κ1) is 24.5. The zero-order valence-electron chi connectivity index (χ0n) is 20.6. The highest BCUT2D eigenvalue weighted by Crippen LogP contribution is 2.36. The highest BCUT2D eigenvalue weighted by Gasteiger charge is 2.34. The lowest BCUT2D eigenvalue weighted by atomic mass is 9.95. The van der Waals surface area contributed by atoms with Crippen molar-refractivity contribution in [3.63, 3.8) is 0 Å². The Morgan fingerprint density at radius 1 is 1.23 bits per heavy atom. The average molecular weight is 497 g/mol. The predicted octanol–water partition coefficient (Wildman–Crippen LogP) is 3.50. The van der Waals surface area contributed by atoms with E-state index < -0.39 is 12.0 Å². The summed E-state index contributed by atoms with van der Waals surface area (Å²) < 4.78 is 24.4. The molecule has 9 heteroatoms. The molecular formula is C26H28N2O6S. The van der Waals surface area contributed by atoms with Crippen molar-refractivity contribution in [3.8, 4) is 11.5 Å². The fourth-order valence-electron chi connectivity index (χ4n) is 3.97. The number of methoxy groups -OCH3 is 1. The molecule has 0 fully saturated rings. The Hall–Kier alpha value is -3.59. The molecule has 0 N–H and O–H groups in total. The fraction of sp³-hybridized carbons (Fsp3) is 0.346. The number of ether oxygens (including phenoxy) is 3. The molecule has 0 aliphatic carbocycles. The Balaban J connectivity index is 1.94. The van der Waals surface area contributed by atoms with Crippen LogP contribution in [0.4, 0.5) is 0 Å². The Kier molecular flexibility index (Phi) is 6.98. The van der Waals surface area contributed by atoms with Crippen LogP contribution < -0.4 is 24.4 Å². The molecule has 1 atom stereocenters. The van der Waals surface area contributed by atoms with Crippen LogP contribution in [-0.2, 0) is 9.53 Å². The van der Waals surface area contributed by atoms with E-state index in [0.717, 1.165) is 5.76 Å². The second-order valence-electron chi connectivity index (χ2n) is 8.33.